The Balaban J connectivity index is 1.45. The molecule has 2 aromatic heterocycles. The lowest BCUT2D eigenvalue weighted by Crippen LogP contribution is -2.32. The Hall–Kier alpha value is -2.86. The second-order valence-corrected chi connectivity index (χ2v) is 8.58. The van der Waals surface area contributed by atoms with E-state index in [1.165, 1.54) is 30.9 Å². The number of hydrogen-bond acceptors (Lipinski definition) is 5. The third-order valence-electron chi connectivity index (χ3n) is 6.52. The summed E-state index contributed by atoms with van der Waals surface area (Å²) in [6.45, 7) is 6.15. The molecule has 170 valence electrons. The average molecular weight is 436 g/mol. The summed E-state index contributed by atoms with van der Waals surface area (Å²) in [5, 5.41) is 1.31. The number of methoxy groups -OCH3 is 2. The number of carbonyl (C=O) groups excluding carboxylic acids is 1. The molecule has 0 atom stereocenters. The number of aryl methyl sites for hydroxylation is 1. The summed E-state index contributed by atoms with van der Waals surface area (Å²) < 4.78 is 12.6. The number of piperidine rings is 1. The number of esters is 1. The van der Waals surface area contributed by atoms with Crippen molar-refractivity contribution in [3.63, 3.8) is 0 Å². The molecule has 0 N–H and O–H groups in total. The second-order valence-electron chi connectivity index (χ2n) is 8.58. The number of pyridine rings is 1. The molecule has 32 heavy (non-hydrogen) atoms. The highest BCUT2D eigenvalue weighted by atomic mass is 16.5. The summed E-state index contributed by atoms with van der Waals surface area (Å²) in [5.41, 5.74) is 4.15. The highest BCUT2D eigenvalue weighted by molar-refractivity contribution is 5.92. The topological polar surface area (TPSA) is 56.6 Å². The predicted octanol–water partition coefficient (Wildman–Crippen LogP) is 5.01. The zero-order valence-electron chi connectivity index (χ0n) is 19.3. The summed E-state index contributed by atoms with van der Waals surface area (Å²) in [7, 11) is 2.97. The fourth-order valence-corrected chi connectivity index (χ4v) is 4.76. The molecule has 0 aliphatic carbocycles. The number of benzene rings is 1. The van der Waals surface area contributed by atoms with Gasteiger partial charge < -0.3 is 14.0 Å². The van der Waals surface area contributed by atoms with E-state index in [-0.39, 0.29) is 5.97 Å². The molecule has 1 aromatic carbocycles. The molecule has 6 nitrogen and oxygen atoms in total. The van der Waals surface area contributed by atoms with E-state index in [9.17, 15) is 4.79 Å². The van der Waals surface area contributed by atoms with E-state index in [4.69, 9.17) is 9.47 Å². The van der Waals surface area contributed by atoms with Gasteiger partial charge in [-0.2, -0.15) is 0 Å². The summed E-state index contributed by atoms with van der Waals surface area (Å²) in [6.07, 6.45) is 8.86. The van der Waals surface area contributed by atoms with Crippen molar-refractivity contribution in [2.75, 3.05) is 27.3 Å². The van der Waals surface area contributed by atoms with Crippen LogP contribution in [0.5, 0.6) is 5.75 Å². The van der Waals surface area contributed by atoms with E-state index >= 15 is 0 Å². The molecule has 0 radical (unpaired) electrons. The second kappa shape index (κ2) is 10.2. The van der Waals surface area contributed by atoms with Gasteiger partial charge in [-0.25, -0.2) is 9.78 Å². The normalized spacial score (nSPS) is 15.2. The molecule has 4 rings (SSSR count). The molecule has 3 heterocycles. The van der Waals surface area contributed by atoms with Crippen LogP contribution in [0.25, 0.3) is 11.0 Å². The lowest BCUT2D eigenvalue weighted by atomic mass is 9.89. The van der Waals surface area contributed by atoms with Gasteiger partial charge in [-0.1, -0.05) is 19.4 Å². The first-order valence-electron chi connectivity index (χ1n) is 11.6. The molecular formula is C26H33N3O3. The Kier molecular flexibility index (Phi) is 7.10. The average Bonchev–Trinajstić information content (AvgIpc) is 3.21. The SMILES string of the molecule is CCCCn1cc(C2CCN(Cc3ccc(OC)c(C(=O)OC)c3)CC2)c2cccnc21. The first-order valence-corrected chi connectivity index (χ1v) is 11.6. The monoisotopic (exact) mass is 435 g/mol. The summed E-state index contributed by atoms with van der Waals surface area (Å²) in [4.78, 5) is 19.2. The van der Waals surface area contributed by atoms with Crippen LogP contribution >= 0.6 is 0 Å². The van der Waals surface area contributed by atoms with Gasteiger partial charge in [0.1, 0.15) is 17.0 Å². The minimum Gasteiger partial charge on any atom is -0.496 e. The van der Waals surface area contributed by atoms with Crippen LogP contribution in [0.1, 0.15) is 60.0 Å². The number of hydrogen-bond donors (Lipinski definition) is 0. The van der Waals surface area contributed by atoms with E-state index in [2.05, 4.69) is 33.6 Å². The van der Waals surface area contributed by atoms with Gasteiger partial charge in [-0.15, -0.1) is 0 Å². The molecule has 1 fully saturated rings. The molecule has 0 saturated carbocycles. The van der Waals surface area contributed by atoms with Crippen LogP contribution in [0.2, 0.25) is 0 Å². The third-order valence-corrected chi connectivity index (χ3v) is 6.52. The van der Waals surface area contributed by atoms with Gasteiger partial charge in [0.25, 0.3) is 0 Å². The van der Waals surface area contributed by atoms with Crippen molar-refractivity contribution in [3.05, 3.63) is 59.4 Å². The van der Waals surface area contributed by atoms with Crippen molar-refractivity contribution < 1.29 is 14.3 Å². The van der Waals surface area contributed by atoms with Gasteiger partial charge >= 0.3 is 5.97 Å². The Morgan fingerprint density at radius 1 is 1.19 bits per heavy atom. The first kappa shape index (κ1) is 22.3. The van der Waals surface area contributed by atoms with Gasteiger partial charge in [0, 0.05) is 30.9 Å². The number of fused-ring (bicyclic) bond motifs is 1. The first-order chi connectivity index (χ1) is 15.6. The number of carbonyl (C=O) groups is 1. The van der Waals surface area contributed by atoms with Crippen LogP contribution < -0.4 is 4.74 Å². The third kappa shape index (κ3) is 4.65. The van der Waals surface area contributed by atoms with Crippen LogP contribution in [-0.2, 0) is 17.8 Å². The number of rotatable bonds is 8. The van der Waals surface area contributed by atoms with Gasteiger partial charge in [-0.05, 0) is 73.7 Å². The number of nitrogens with zero attached hydrogens (tertiary/aromatic N) is 3. The number of unbranched alkanes of at least 4 members (excludes halogenated alkanes) is 1. The van der Waals surface area contributed by atoms with Gasteiger partial charge in [0.05, 0.1) is 14.2 Å². The zero-order chi connectivity index (χ0) is 22.5. The molecule has 1 saturated heterocycles. The Morgan fingerprint density at radius 2 is 2.00 bits per heavy atom. The Morgan fingerprint density at radius 3 is 2.72 bits per heavy atom. The summed E-state index contributed by atoms with van der Waals surface area (Å²) in [5.74, 6) is 0.741. The van der Waals surface area contributed by atoms with E-state index in [0.717, 1.165) is 50.2 Å². The molecule has 1 aliphatic heterocycles. The Labute approximate surface area is 190 Å². The van der Waals surface area contributed by atoms with E-state index in [1.807, 2.05) is 30.5 Å². The molecule has 6 heteroatoms. The van der Waals surface area contributed by atoms with Gasteiger partial charge in [0.15, 0.2) is 0 Å². The molecular weight excluding hydrogens is 402 g/mol. The number of likely N-dealkylation sites (tertiary alicyclic amines) is 1. The van der Waals surface area contributed by atoms with E-state index in [1.54, 1.807) is 7.11 Å². The van der Waals surface area contributed by atoms with Crippen molar-refractivity contribution in [3.8, 4) is 5.75 Å². The fourth-order valence-electron chi connectivity index (χ4n) is 4.76. The van der Waals surface area contributed by atoms with Crippen LogP contribution in [0.3, 0.4) is 0 Å². The quantitative estimate of drug-likeness (QED) is 0.466. The highest BCUT2D eigenvalue weighted by Crippen LogP contribution is 2.34. The van der Waals surface area contributed by atoms with Crippen molar-refractivity contribution in [2.45, 2.75) is 51.6 Å². The summed E-state index contributed by atoms with van der Waals surface area (Å²) >= 11 is 0. The van der Waals surface area contributed by atoms with Gasteiger partial charge in [0.2, 0.25) is 0 Å². The lowest BCUT2D eigenvalue weighted by molar-refractivity contribution is 0.0597. The molecule has 0 spiro atoms. The highest BCUT2D eigenvalue weighted by Gasteiger charge is 2.24. The maximum Gasteiger partial charge on any atom is 0.341 e. The van der Waals surface area contributed by atoms with Crippen molar-refractivity contribution in [1.29, 1.82) is 0 Å². The smallest absolute Gasteiger partial charge is 0.341 e. The van der Waals surface area contributed by atoms with Crippen LogP contribution in [0, 0.1) is 0 Å². The lowest BCUT2D eigenvalue weighted by Gasteiger charge is -2.32. The molecule has 0 bridgehead atoms. The molecule has 1 aliphatic rings. The maximum atomic E-state index is 12.1. The minimum atomic E-state index is -0.365. The van der Waals surface area contributed by atoms with Crippen molar-refractivity contribution >= 4 is 17.0 Å². The molecule has 0 amide bonds. The fraction of sp³-hybridized carbons (Fsp3) is 0.462. The summed E-state index contributed by atoms with van der Waals surface area (Å²) in [6, 6.07) is 10.0. The maximum absolute atomic E-state index is 12.1. The zero-order valence-corrected chi connectivity index (χ0v) is 19.3. The van der Waals surface area contributed by atoms with Gasteiger partial charge in [-0.3, -0.25) is 4.90 Å². The van der Waals surface area contributed by atoms with Crippen LogP contribution in [-0.4, -0.2) is 47.7 Å². The predicted molar refractivity (Wildman–Crippen MR) is 126 cm³/mol. The standard InChI is InChI=1S/C26H33N3O3/c1-4-5-13-29-18-23(21-7-6-12-27-25(21)29)20-10-14-28(15-11-20)17-19-8-9-24(31-2)22(16-19)26(30)32-3/h6-9,12,16,18,20H,4-5,10-11,13-15,17H2,1-3H3. The van der Waals surface area contributed by atoms with E-state index < -0.39 is 0 Å². The van der Waals surface area contributed by atoms with Crippen molar-refractivity contribution in [1.82, 2.24) is 14.5 Å². The largest absolute Gasteiger partial charge is 0.496 e. The van der Waals surface area contributed by atoms with Crippen LogP contribution in [0.4, 0.5) is 0 Å². The molecule has 3 aromatic rings. The van der Waals surface area contributed by atoms with E-state index in [0.29, 0.717) is 17.2 Å². The van der Waals surface area contributed by atoms with Crippen LogP contribution in [0.15, 0.2) is 42.7 Å². The van der Waals surface area contributed by atoms with Crippen molar-refractivity contribution in [2.24, 2.45) is 0 Å². The number of aromatic nitrogens is 2. The Bertz CT molecular complexity index is 1070. The minimum absolute atomic E-state index is 0.365. The molecule has 0 unspecified atom stereocenters. The number of ether oxygens (including phenoxy) is 2.